The number of ether oxygens (including phenoxy) is 3. The van der Waals surface area contributed by atoms with Gasteiger partial charge in [-0.3, -0.25) is 32.7 Å². The van der Waals surface area contributed by atoms with Gasteiger partial charge in [0.15, 0.2) is 25.0 Å². The second-order valence-corrected chi connectivity index (χ2v) is 10.3. The Morgan fingerprint density at radius 3 is 2.80 bits per heavy atom. The maximum absolute atomic E-state index is 16.3. The SMILES string of the molecule is CC(=O)O[C@]12C(OP3(=O)OCOC(c4cccc(Cl)c4)O3)[C@H]1O[C@@H](n1ccc(=O)[nH]c1=O)[C@]2(C)F. The summed E-state index contributed by atoms with van der Waals surface area (Å²) in [5.41, 5.74) is -5.83. The second kappa shape index (κ2) is 8.34. The summed E-state index contributed by atoms with van der Waals surface area (Å²) in [4.78, 5) is 37.5. The van der Waals surface area contributed by atoms with Gasteiger partial charge in [-0.2, -0.15) is 0 Å². The minimum absolute atomic E-state index is 0.382. The number of nitrogens with one attached hydrogen (secondary N) is 1. The van der Waals surface area contributed by atoms with Crippen LogP contribution in [0.4, 0.5) is 4.39 Å². The smallest absolute Gasteiger partial charge is 0.450 e. The summed E-state index contributed by atoms with van der Waals surface area (Å²) in [5.74, 6) is -0.869. The van der Waals surface area contributed by atoms with Crippen LogP contribution < -0.4 is 11.2 Å². The Morgan fingerprint density at radius 1 is 1.34 bits per heavy atom. The predicted octanol–water partition coefficient (Wildman–Crippen LogP) is 2.34. The van der Waals surface area contributed by atoms with Crippen molar-refractivity contribution in [3.8, 4) is 0 Å². The second-order valence-electron chi connectivity index (χ2n) is 8.27. The van der Waals surface area contributed by atoms with E-state index in [1.165, 1.54) is 6.07 Å². The molecule has 3 fully saturated rings. The van der Waals surface area contributed by atoms with E-state index in [2.05, 4.69) is 0 Å². The van der Waals surface area contributed by atoms with E-state index >= 15 is 4.39 Å². The van der Waals surface area contributed by atoms with Crippen LogP contribution in [0.25, 0.3) is 0 Å². The van der Waals surface area contributed by atoms with Crippen LogP contribution in [0.3, 0.4) is 0 Å². The quantitative estimate of drug-likeness (QED) is 0.450. The van der Waals surface area contributed by atoms with Crippen molar-refractivity contribution in [2.24, 2.45) is 0 Å². The first kappa shape index (κ1) is 24.3. The van der Waals surface area contributed by atoms with Gasteiger partial charge >= 0.3 is 19.5 Å². The van der Waals surface area contributed by atoms with Crippen molar-refractivity contribution < 1.29 is 41.5 Å². The molecule has 0 spiro atoms. The minimum atomic E-state index is -4.37. The first-order valence-corrected chi connectivity index (χ1v) is 12.1. The minimum Gasteiger partial charge on any atom is -0.450 e. The number of rotatable bonds is 5. The fourth-order valence-electron chi connectivity index (χ4n) is 4.36. The molecule has 7 atom stereocenters. The van der Waals surface area contributed by atoms with Crippen LogP contribution in [-0.4, -0.2) is 45.8 Å². The molecule has 0 radical (unpaired) electrons. The number of phosphoric ester groups is 1. The van der Waals surface area contributed by atoms with E-state index in [9.17, 15) is 18.9 Å². The van der Waals surface area contributed by atoms with Gasteiger partial charge in [0.1, 0.15) is 12.2 Å². The molecule has 1 N–H and O–H groups in total. The van der Waals surface area contributed by atoms with Gasteiger partial charge in [-0.05, 0) is 19.1 Å². The lowest BCUT2D eigenvalue weighted by molar-refractivity contribution is -0.197. The number of esters is 1. The van der Waals surface area contributed by atoms with Gasteiger partial charge in [0.05, 0.1) is 0 Å². The van der Waals surface area contributed by atoms with E-state index in [0.29, 0.717) is 10.6 Å². The molecule has 5 rings (SSSR count). The third-order valence-electron chi connectivity index (χ3n) is 5.95. The number of hydrogen-bond donors (Lipinski definition) is 1. The highest BCUT2D eigenvalue weighted by atomic mass is 35.5. The van der Waals surface area contributed by atoms with Gasteiger partial charge in [-0.25, -0.2) is 13.8 Å². The summed E-state index contributed by atoms with van der Waals surface area (Å²) in [5, 5.41) is 0.382. The first-order valence-electron chi connectivity index (χ1n) is 10.3. The van der Waals surface area contributed by atoms with Gasteiger partial charge in [-0.1, -0.05) is 23.7 Å². The van der Waals surface area contributed by atoms with Gasteiger partial charge < -0.3 is 14.2 Å². The molecule has 3 unspecified atom stereocenters. The number of halogens is 2. The molecule has 2 aromatic rings. The standard InChI is InChI=1S/C20H19ClFN2O10P/c1-10(25)32-20-14(31-17(19(20,2)22)24-7-6-13(26)23-18(24)27)15(20)33-35(28)30-9-29-16(34-35)11-4-3-5-12(21)8-11/h3-8,14-17H,9H2,1-2H3,(H,23,26,27)/t14-,15?,16?,17-,19+,20+,35?/m1/s1. The molecule has 1 saturated carbocycles. The molecule has 1 aromatic carbocycles. The summed E-state index contributed by atoms with van der Waals surface area (Å²) in [6.07, 6.45) is -4.38. The number of H-pyrrole nitrogens is 1. The van der Waals surface area contributed by atoms with E-state index in [-0.39, 0.29) is 0 Å². The van der Waals surface area contributed by atoms with Crippen molar-refractivity contribution in [1.82, 2.24) is 9.55 Å². The van der Waals surface area contributed by atoms with Gasteiger partial charge in [-0.15, -0.1) is 0 Å². The Hall–Kier alpha value is -2.38. The number of nitrogens with zero attached hydrogens (tertiary/aromatic N) is 1. The molecule has 35 heavy (non-hydrogen) atoms. The fourth-order valence-corrected chi connectivity index (χ4v) is 5.88. The highest BCUT2D eigenvalue weighted by Gasteiger charge is 2.88. The topological polar surface area (TPSA) is 144 Å². The normalized spacial score (nSPS) is 38.1. The molecular formula is C20H19ClFN2O10P. The van der Waals surface area contributed by atoms with Crippen LogP contribution in [-0.2, 0) is 37.1 Å². The van der Waals surface area contributed by atoms with Crippen LogP contribution >= 0.6 is 19.4 Å². The van der Waals surface area contributed by atoms with Gasteiger partial charge in [0.2, 0.25) is 5.60 Å². The molecule has 1 aliphatic carbocycles. The molecular weight excluding hydrogens is 514 g/mol. The van der Waals surface area contributed by atoms with Gasteiger partial charge in [0.25, 0.3) is 5.56 Å². The molecule has 2 saturated heterocycles. The molecule has 12 nitrogen and oxygen atoms in total. The molecule has 188 valence electrons. The van der Waals surface area contributed by atoms with E-state index < -0.39 is 67.8 Å². The highest BCUT2D eigenvalue weighted by Crippen LogP contribution is 2.69. The average molecular weight is 533 g/mol. The molecule has 2 aliphatic heterocycles. The summed E-state index contributed by atoms with van der Waals surface area (Å²) >= 11 is 5.98. The zero-order valence-electron chi connectivity index (χ0n) is 18.2. The zero-order chi connectivity index (χ0) is 25.2. The number of carbonyl (C=O) groups excluding carboxylic acids is 1. The average Bonchev–Trinajstić information content (AvgIpc) is 3.28. The predicted molar refractivity (Wildman–Crippen MR) is 114 cm³/mol. The Kier molecular flexibility index (Phi) is 5.80. The molecule has 15 heteroatoms. The summed E-state index contributed by atoms with van der Waals surface area (Å²) < 4.78 is 62.6. The molecule has 1 aromatic heterocycles. The summed E-state index contributed by atoms with van der Waals surface area (Å²) in [7, 11) is -4.37. The third kappa shape index (κ3) is 3.97. The number of fused-ring (bicyclic) bond motifs is 1. The number of aromatic amines is 1. The molecule has 3 aliphatic rings. The lowest BCUT2D eigenvalue weighted by Crippen LogP contribution is -2.50. The Labute approximate surface area is 201 Å². The van der Waals surface area contributed by atoms with Crippen molar-refractivity contribution in [1.29, 1.82) is 0 Å². The Balaban J connectivity index is 1.41. The van der Waals surface area contributed by atoms with Crippen LogP contribution in [0.15, 0.2) is 46.1 Å². The van der Waals surface area contributed by atoms with Crippen LogP contribution in [0.1, 0.15) is 31.9 Å². The van der Waals surface area contributed by atoms with Gasteiger partial charge in [0, 0.05) is 29.8 Å². The number of hydrogen-bond acceptors (Lipinski definition) is 10. The number of aromatic nitrogens is 2. The van der Waals surface area contributed by atoms with Crippen molar-refractivity contribution in [3.63, 3.8) is 0 Å². The van der Waals surface area contributed by atoms with Crippen molar-refractivity contribution in [2.45, 2.75) is 49.8 Å². The highest BCUT2D eigenvalue weighted by molar-refractivity contribution is 7.48. The number of carbonyl (C=O) groups is 1. The lowest BCUT2D eigenvalue weighted by Gasteiger charge is -2.34. The number of benzene rings is 1. The zero-order valence-corrected chi connectivity index (χ0v) is 19.9. The molecule has 0 bridgehead atoms. The largest absolute Gasteiger partial charge is 0.480 e. The molecule has 0 amide bonds. The van der Waals surface area contributed by atoms with Crippen molar-refractivity contribution in [2.75, 3.05) is 6.79 Å². The monoisotopic (exact) mass is 532 g/mol. The van der Waals surface area contributed by atoms with Crippen LogP contribution in [0.2, 0.25) is 5.02 Å². The summed E-state index contributed by atoms with van der Waals surface area (Å²) in [6, 6.07) is 7.41. The van der Waals surface area contributed by atoms with E-state index in [1.807, 2.05) is 4.98 Å². The Bertz CT molecular complexity index is 1350. The maximum atomic E-state index is 16.3. The first-order chi connectivity index (χ1) is 16.5. The van der Waals surface area contributed by atoms with E-state index in [4.69, 9.17) is 39.4 Å². The van der Waals surface area contributed by atoms with Crippen molar-refractivity contribution in [3.05, 3.63) is 68.0 Å². The maximum Gasteiger partial charge on any atom is 0.480 e. The van der Waals surface area contributed by atoms with Crippen molar-refractivity contribution >= 4 is 25.4 Å². The number of phosphoric acid groups is 1. The van der Waals surface area contributed by atoms with E-state index in [1.54, 1.807) is 18.2 Å². The Morgan fingerprint density at radius 2 is 2.11 bits per heavy atom. The summed E-state index contributed by atoms with van der Waals surface area (Å²) in [6.45, 7) is 1.61. The number of alkyl halides is 1. The van der Waals surface area contributed by atoms with Crippen LogP contribution in [0.5, 0.6) is 0 Å². The molecule has 3 heterocycles. The van der Waals surface area contributed by atoms with E-state index in [0.717, 1.165) is 30.7 Å². The third-order valence-corrected chi connectivity index (χ3v) is 7.54. The fraction of sp³-hybridized carbons (Fsp3) is 0.450. The van der Waals surface area contributed by atoms with Crippen LogP contribution in [0, 0.1) is 0 Å². The lowest BCUT2D eigenvalue weighted by atomic mass is 9.97.